The van der Waals surface area contributed by atoms with Gasteiger partial charge in [-0.2, -0.15) is 5.10 Å². The SMILES string of the molecule is CCOc1ccc(-n2c(O)c(/C=N/N3CCCCC3)c(=O)[nH]c2=O)cc1. The van der Waals surface area contributed by atoms with Gasteiger partial charge in [-0.3, -0.25) is 14.8 Å². The average molecular weight is 358 g/mol. The summed E-state index contributed by atoms with van der Waals surface area (Å²) in [5, 5.41) is 16.6. The summed E-state index contributed by atoms with van der Waals surface area (Å²) in [5.74, 6) is 0.212. The molecule has 0 bridgehead atoms. The standard InChI is InChI=1S/C18H22N4O4/c1-2-26-14-8-6-13(7-9-14)22-17(24)15(16(23)20-18(22)25)12-19-21-10-4-3-5-11-21/h6-9,12,24H,2-5,10-11H2,1H3,(H,20,23,25)/b19-12+. The van der Waals surface area contributed by atoms with Gasteiger partial charge in [0.15, 0.2) is 0 Å². The van der Waals surface area contributed by atoms with Gasteiger partial charge in [-0.05, 0) is 50.5 Å². The molecule has 2 heterocycles. The van der Waals surface area contributed by atoms with Crippen molar-refractivity contribution in [3.8, 4) is 17.3 Å². The van der Waals surface area contributed by atoms with Gasteiger partial charge in [0.05, 0.1) is 18.5 Å². The first kappa shape index (κ1) is 17.8. The number of aromatic amines is 1. The molecule has 0 saturated carbocycles. The van der Waals surface area contributed by atoms with E-state index in [1.807, 2.05) is 11.9 Å². The lowest BCUT2D eigenvalue weighted by Crippen LogP contribution is -2.32. The van der Waals surface area contributed by atoms with Crippen molar-refractivity contribution >= 4 is 6.21 Å². The zero-order valence-corrected chi connectivity index (χ0v) is 14.6. The van der Waals surface area contributed by atoms with Crippen molar-refractivity contribution in [3.63, 3.8) is 0 Å². The Morgan fingerprint density at radius 1 is 1.19 bits per heavy atom. The smallest absolute Gasteiger partial charge is 0.335 e. The van der Waals surface area contributed by atoms with Gasteiger partial charge in [-0.15, -0.1) is 0 Å². The minimum atomic E-state index is -0.716. The number of H-pyrrole nitrogens is 1. The summed E-state index contributed by atoms with van der Waals surface area (Å²) in [4.78, 5) is 26.5. The van der Waals surface area contributed by atoms with Crippen LogP contribution in [0.15, 0.2) is 39.0 Å². The summed E-state index contributed by atoms with van der Waals surface area (Å²) in [6.45, 7) is 4.03. The maximum absolute atomic E-state index is 12.2. The Balaban J connectivity index is 1.97. The molecule has 138 valence electrons. The lowest BCUT2D eigenvalue weighted by molar-refractivity contribution is 0.240. The molecule has 0 atom stereocenters. The van der Waals surface area contributed by atoms with E-state index in [9.17, 15) is 14.7 Å². The van der Waals surface area contributed by atoms with E-state index in [1.54, 1.807) is 24.3 Å². The van der Waals surface area contributed by atoms with Gasteiger partial charge in [0.25, 0.3) is 5.56 Å². The minimum Gasteiger partial charge on any atom is -0.494 e. The zero-order valence-electron chi connectivity index (χ0n) is 14.6. The predicted octanol–water partition coefficient (Wildman–Crippen LogP) is 1.45. The van der Waals surface area contributed by atoms with Crippen molar-refractivity contribution in [2.45, 2.75) is 26.2 Å². The molecule has 3 rings (SSSR count). The molecular formula is C18H22N4O4. The van der Waals surface area contributed by atoms with Crippen LogP contribution in [0.3, 0.4) is 0 Å². The lowest BCUT2D eigenvalue weighted by atomic mass is 10.2. The summed E-state index contributed by atoms with van der Waals surface area (Å²) < 4.78 is 6.41. The van der Waals surface area contributed by atoms with E-state index in [0.717, 1.165) is 30.5 Å². The fourth-order valence-corrected chi connectivity index (χ4v) is 2.88. The predicted molar refractivity (Wildman–Crippen MR) is 98.5 cm³/mol. The molecule has 1 saturated heterocycles. The molecule has 8 heteroatoms. The maximum Gasteiger partial charge on any atom is 0.335 e. The first-order valence-electron chi connectivity index (χ1n) is 8.70. The zero-order chi connectivity index (χ0) is 18.5. The van der Waals surface area contributed by atoms with E-state index in [-0.39, 0.29) is 5.56 Å². The molecule has 0 spiro atoms. The number of hydrogen-bond acceptors (Lipinski definition) is 6. The Morgan fingerprint density at radius 3 is 2.54 bits per heavy atom. The van der Waals surface area contributed by atoms with Crippen molar-refractivity contribution in [1.29, 1.82) is 0 Å². The molecule has 1 fully saturated rings. The first-order valence-corrected chi connectivity index (χ1v) is 8.70. The Morgan fingerprint density at radius 2 is 1.88 bits per heavy atom. The second kappa shape index (κ2) is 7.90. The van der Waals surface area contributed by atoms with E-state index in [2.05, 4.69) is 10.1 Å². The van der Waals surface area contributed by atoms with E-state index in [0.29, 0.717) is 18.0 Å². The summed E-state index contributed by atoms with van der Waals surface area (Å²) >= 11 is 0. The molecule has 2 N–H and O–H groups in total. The Hall–Kier alpha value is -3.03. The van der Waals surface area contributed by atoms with Gasteiger partial charge in [0, 0.05) is 13.1 Å². The fourth-order valence-electron chi connectivity index (χ4n) is 2.88. The fraction of sp³-hybridized carbons (Fsp3) is 0.389. The van der Waals surface area contributed by atoms with Crippen molar-refractivity contribution in [2.24, 2.45) is 5.10 Å². The number of piperidine rings is 1. The van der Waals surface area contributed by atoms with Crippen molar-refractivity contribution < 1.29 is 9.84 Å². The highest BCUT2D eigenvalue weighted by atomic mass is 16.5. The number of aromatic nitrogens is 2. The molecular weight excluding hydrogens is 336 g/mol. The number of ether oxygens (including phenoxy) is 1. The molecule has 0 unspecified atom stereocenters. The van der Waals surface area contributed by atoms with Crippen LogP contribution in [-0.4, -0.2) is 45.6 Å². The number of hydrazone groups is 1. The summed E-state index contributed by atoms with van der Waals surface area (Å²) in [6, 6.07) is 6.65. The third kappa shape index (κ3) is 3.79. The third-order valence-electron chi connectivity index (χ3n) is 4.21. The number of nitrogens with one attached hydrogen (secondary N) is 1. The van der Waals surface area contributed by atoms with Crippen molar-refractivity contribution in [3.05, 3.63) is 50.7 Å². The van der Waals surface area contributed by atoms with Crippen molar-refractivity contribution in [1.82, 2.24) is 14.6 Å². The normalized spacial score (nSPS) is 14.7. The molecule has 26 heavy (non-hydrogen) atoms. The molecule has 1 aliphatic heterocycles. The highest BCUT2D eigenvalue weighted by molar-refractivity contribution is 5.82. The molecule has 1 aromatic carbocycles. The first-order chi connectivity index (χ1) is 12.6. The van der Waals surface area contributed by atoms with Crippen LogP contribution in [0.25, 0.3) is 5.69 Å². The molecule has 2 aromatic rings. The Bertz CT molecular complexity index is 893. The summed E-state index contributed by atoms with van der Waals surface area (Å²) in [6.07, 6.45) is 4.57. The summed E-state index contributed by atoms with van der Waals surface area (Å²) in [5.41, 5.74) is -1.02. The summed E-state index contributed by atoms with van der Waals surface area (Å²) in [7, 11) is 0. The highest BCUT2D eigenvalue weighted by Gasteiger charge is 2.15. The Labute approximate surface area is 150 Å². The lowest BCUT2D eigenvalue weighted by Gasteiger charge is -2.23. The van der Waals surface area contributed by atoms with E-state index in [1.165, 1.54) is 12.6 Å². The quantitative estimate of drug-likeness (QED) is 0.788. The van der Waals surface area contributed by atoms with Gasteiger partial charge in [-0.1, -0.05) is 0 Å². The van der Waals surface area contributed by atoms with Crippen LogP contribution in [0.2, 0.25) is 0 Å². The molecule has 0 amide bonds. The number of hydrogen-bond donors (Lipinski definition) is 2. The van der Waals surface area contributed by atoms with E-state index in [4.69, 9.17) is 4.74 Å². The van der Waals surface area contributed by atoms with Gasteiger partial charge < -0.3 is 9.84 Å². The highest BCUT2D eigenvalue weighted by Crippen LogP contribution is 2.19. The van der Waals surface area contributed by atoms with Gasteiger partial charge >= 0.3 is 5.69 Å². The van der Waals surface area contributed by atoms with Crippen LogP contribution >= 0.6 is 0 Å². The van der Waals surface area contributed by atoms with Crippen LogP contribution < -0.4 is 16.0 Å². The molecule has 8 nitrogen and oxygen atoms in total. The van der Waals surface area contributed by atoms with Gasteiger partial charge in [0.2, 0.25) is 5.88 Å². The number of benzene rings is 1. The van der Waals surface area contributed by atoms with Crippen LogP contribution in [0, 0.1) is 0 Å². The van der Waals surface area contributed by atoms with Gasteiger partial charge in [-0.25, -0.2) is 9.36 Å². The van der Waals surface area contributed by atoms with Crippen LogP contribution in [-0.2, 0) is 0 Å². The maximum atomic E-state index is 12.2. The van der Waals surface area contributed by atoms with Crippen LogP contribution in [0.1, 0.15) is 31.7 Å². The number of nitrogens with zero attached hydrogens (tertiary/aromatic N) is 3. The van der Waals surface area contributed by atoms with Crippen LogP contribution in [0.5, 0.6) is 11.6 Å². The van der Waals surface area contributed by atoms with Crippen LogP contribution in [0.4, 0.5) is 0 Å². The topological polar surface area (TPSA) is 99.9 Å². The molecule has 1 aromatic heterocycles. The van der Waals surface area contributed by atoms with Gasteiger partial charge in [0.1, 0.15) is 11.3 Å². The monoisotopic (exact) mass is 358 g/mol. The minimum absolute atomic E-state index is 0.0518. The third-order valence-corrected chi connectivity index (χ3v) is 4.21. The number of aromatic hydroxyl groups is 1. The number of rotatable bonds is 5. The second-order valence-corrected chi connectivity index (χ2v) is 6.02. The average Bonchev–Trinajstić information content (AvgIpc) is 2.64. The van der Waals surface area contributed by atoms with E-state index >= 15 is 0 Å². The molecule has 0 aliphatic carbocycles. The largest absolute Gasteiger partial charge is 0.494 e. The molecule has 1 aliphatic rings. The molecule has 0 radical (unpaired) electrons. The Kier molecular flexibility index (Phi) is 5.40. The van der Waals surface area contributed by atoms with E-state index < -0.39 is 17.1 Å². The second-order valence-electron chi connectivity index (χ2n) is 6.02. The van der Waals surface area contributed by atoms with Crippen molar-refractivity contribution in [2.75, 3.05) is 19.7 Å².